The molecule has 0 unspecified atom stereocenters. The first-order valence-electron chi connectivity index (χ1n) is 10.2. The molecular formula is C22H38ClNO4. The van der Waals surface area contributed by atoms with E-state index in [1.165, 1.54) is 11.1 Å². The van der Waals surface area contributed by atoms with Crippen LogP contribution in [0.25, 0.3) is 0 Å². The number of nitrogens with one attached hydrogen (secondary N) is 1. The van der Waals surface area contributed by atoms with Gasteiger partial charge in [0.05, 0.1) is 37.0 Å². The summed E-state index contributed by atoms with van der Waals surface area (Å²) in [5.74, 6) is 0. The molecule has 0 bridgehead atoms. The normalized spacial score (nSPS) is 26.1. The Morgan fingerprint density at radius 1 is 0.964 bits per heavy atom. The van der Waals surface area contributed by atoms with E-state index in [0.717, 1.165) is 32.1 Å². The van der Waals surface area contributed by atoms with E-state index in [1.54, 1.807) is 0 Å². The number of aliphatic hydroxyl groups is 4. The monoisotopic (exact) mass is 415 g/mol. The van der Waals surface area contributed by atoms with Crippen LogP contribution in [0.5, 0.6) is 0 Å². The molecule has 6 heteroatoms. The number of halogens is 1. The summed E-state index contributed by atoms with van der Waals surface area (Å²) in [6, 6.07) is 7.75. The van der Waals surface area contributed by atoms with Gasteiger partial charge in [-0.05, 0) is 35.8 Å². The predicted molar refractivity (Wildman–Crippen MR) is 115 cm³/mol. The Morgan fingerprint density at radius 2 is 1.57 bits per heavy atom. The van der Waals surface area contributed by atoms with E-state index in [0.29, 0.717) is 6.42 Å². The fourth-order valence-corrected chi connectivity index (χ4v) is 3.78. The van der Waals surface area contributed by atoms with Crippen molar-refractivity contribution >= 4 is 12.4 Å². The van der Waals surface area contributed by atoms with Gasteiger partial charge in [-0.2, -0.15) is 0 Å². The highest BCUT2D eigenvalue weighted by molar-refractivity contribution is 5.85. The summed E-state index contributed by atoms with van der Waals surface area (Å²) in [5, 5.41) is 42.1. The smallest absolute Gasteiger partial charge is 0.0993 e. The Balaban J connectivity index is 0.00000392. The molecule has 0 aliphatic carbocycles. The zero-order valence-corrected chi connectivity index (χ0v) is 18.2. The topological polar surface area (TPSA) is 93.0 Å². The highest BCUT2D eigenvalue weighted by Gasteiger charge is 2.43. The quantitative estimate of drug-likeness (QED) is 0.399. The van der Waals surface area contributed by atoms with E-state index >= 15 is 0 Å². The second-order valence-electron chi connectivity index (χ2n) is 8.93. The summed E-state index contributed by atoms with van der Waals surface area (Å²) in [5.41, 5.74) is 2.91. The minimum atomic E-state index is -1.03. The van der Waals surface area contributed by atoms with Crippen LogP contribution >= 0.6 is 12.4 Å². The van der Waals surface area contributed by atoms with Crippen molar-refractivity contribution in [1.29, 1.82) is 0 Å². The lowest BCUT2D eigenvalue weighted by Gasteiger charge is -2.22. The van der Waals surface area contributed by atoms with Crippen LogP contribution in [0.4, 0.5) is 0 Å². The molecule has 28 heavy (non-hydrogen) atoms. The molecule has 1 saturated heterocycles. The first-order valence-corrected chi connectivity index (χ1v) is 10.2. The van der Waals surface area contributed by atoms with Gasteiger partial charge in [0.2, 0.25) is 0 Å². The van der Waals surface area contributed by atoms with E-state index in [-0.39, 0.29) is 24.4 Å². The minimum Gasteiger partial charge on any atom is -0.395 e. The van der Waals surface area contributed by atoms with Gasteiger partial charge in [-0.3, -0.25) is 0 Å². The summed E-state index contributed by atoms with van der Waals surface area (Å²) in [6.45, 7) is 6.42. The molecule has 1 aliphatic rings. The average molecular weight is 416 g/mol. The maximum atomic E-state index is 10.3. The van der Waals surface area contributed by atoms with E-state index in [4.69, 9.17) is 5.11 Å². The molecule has 0 saturated carbocycles. The Labute approximate surface area is 175 Å². The fraction of sp³-hybridized carbons (Fsp3) is 0.727. The minimum absolute atomic E-state index is 0. The lowest BCUT2D eigenvalue weighted by molar-refractivity contribution is -0.00443. The van der Waals surface area contributed by atoms with Crippen LogP contribution in [-0.2, 0) is 11.8 Å². The Morgan fingerprint density at radius 3 is 2.11 bits per heavy atom. The molecule has 1 heterocycles. The maximum Gasteiger partial charge on any atom is 0.0993 e. The number of unbranched alkanes of at least 4 members (excludes halogenated alkanes) is 3. The Bertz CT molecular complexity index is 561. The SMILES string of the molecule is CC(C)(C)c1ccc(CCCCCC[C@H](O)[C@H]2N[C@H](CO)[C@@H](O)[C@@H]2O)cc1.Cl. The van der Waals surface area contributed by atoms with Crippen molar-refractivity contribution in [2.24, 2.45) is 0 Å². The molecule has 162 valence electrons. The molecule has 1 aromatic carbocycles. The van der Waals surface area contributed by atoms with Gasteiger partial charge >= 0.3 is 0 Å². The number of hydrogen-bond donors (Lipinski definition) is 5. The van der Waals surface area contributed by atoms with E-state index in [2.05, 4.69) is 50.4 Å². The van der Waals surface area contributed by atoms with Gasteiger partial charge in [0.25, 0.3) is 0 Å². The molecule has 1 fully saturated rings. The lowest BCUT2D eigenvalue weighted by atomic mass is 9.86. The molecular weight excluding hydrogens is 378 g/mol. The van der Waals surface area contributed by atoms with Crippen LogP contribution in [0, 0.1) is 0 Å². The lowest BCUT2D eigenvalue weighted by Crippen LogP contribution is -2.44. The van der Waals surface area contributed by atoms with Crippen LogP contribution < -0.4 is 5.32 Å². The fourth-order valence-electron chi connectivity index (χ4n) is 3.78. The second kappa shape index (κ2) is 11.5. The van der Waals surface area contributed by atoms with Crippen molar-refractivity contribution in [3.8, 4) is 0 Å². The highest BCUT2D eigenvalue weighted by Crippen LogP contribution is 2.23. The first-order chi connectivity index (χ1) is 12.7. The first kappa shape index (κ1) is 25.3. The van der Waals surface area contributed by atoms with Crippen molar-refractivity contribution in [2.45, 2.75) is 95.1 Å². The van der Waals surface area contributed by atoms with Gasteiger partial charge in [-0.25, -0.2) is 0 Å². The van der Waals surface area contributed by atoms with Crippen molar-refractivity contribution < 1.29 is 20.4 Å². The van der Waals surface area contributed by atoms with Gasteiger partial charge in [-0.15, -0.1) is 12.4 Å². The van der Waals surface area contributed by atoms with E-state index in [1.807, 2.05) is 0 Å². The van der Waals surface area contributed by atoms with Crippen molar-refractivity contribution in [2.75, 3.05) is 6.61 Å². The van der Waals surface area contributed by atoms with Crippen LogP contribution in [0.3, 0.4) is 0 Å². The zero-order valence-electron chi connectivity index (χ0n) is 17.3. The standard InChI is InChI=1S/C22H37NO4.ClH/c1-22(2,3)16-12-10-15(11-13-16)8-6-4-5-7-9-18(25)19-21(27)20(26)17(14-24)23-19;/h10-13,17-21,23-27H,4-9,14H2,1-3H3;1H/t17-,18+,19-,20-,21-;/m1./s1. The number of hydrogen-bond acceptors (Lipinski definition) is 5. The molecule has 1 aromatic rings. The van der Waals surface area contributed by atoms with Crippen molar-refractivity contribution in [1.82, 2.24) is 5.32 Å². The van der Waals surface area contributed by atoms with Crippen LogP contribution in [0.15, 0.2) is 24.3 Å². The van der Waals surface area contributed by atoms with Crippen LogP contribution in [0.1, 0.15) is 64.0 Å². The van der Waals surface area contributed by atoms with Gasteiger partial charge < -0.3 is 25.7 Å². The Hall–Kier alpha value is -0.690. The number of aliphatic hydroxyl groups excluding tert-OH is 4. The highest BCUT2D eigenvalue weighted by atomic mass is 35.5. The third-order valence-electron chi connectivity index (χ3n) is 5.68. The van der Waals surface area contributed by atoms with E-state index < -0.39 is 30.4 Å². The van der Waals surface area contributed by atoms with Crippen LogP contribution in [0.2, 0.25) is 0 Å². The molecule has 0 spiro atoms. The molecule has 1 aliphatic heterocycles. The molecule has 2 rings (SSSR count). The molecule has 5 nitrogen and oxygen atoms in total. The Kier molecular flexibility index (Phi) is 10.4. The van der Waals surface area contributed by atoms with Crippen LogP contribution in [-0.4, -0.2) is 57.4 Å². The van der Waals surface area contributed by atoms with Crippen molar-refractivity contribution in [3.05, 3.63) is 35.4 Å². The summed E-state index contributed by atoms with van der Waals surface area (Å²) in [7, 11) is 0. The van der Waals surface area contributed by atoms with E-state index in [9.17, 15) is 15.3 Å². The second-order valence-corrected chi connectivity index (χ2v) is 8.93. The number of benzene rings is 1. The molecule has 5 N–H and O–H groups in total. The summed E-state index contributed by atoms with van der Waals surface area (Å²) >= 11 is 0. The van der Waals surface area contributed by atoms with Gasteiger partial charge in [0.1, 0.15) is 0 Å². The summed E-state index contributed by atoms with van der Waals surface area (Å²) in [4.78, 5) is 0. The van der Waals surface area contributed by atoms with Gasteiger partial charge in [0.15, 0.2) is 0 Å². The van der Waals surface area contributed by atoms with Gasteiger partial charge in [0, 0.05) is 0 Å². The molecule has 0 amide bonds. The summed E-state index contributed by atoms with van der Waals surface area (Å²) in [6.07, 6.45) is 3.03. The average Bonchev–Trinajstić information content (AvgIpc) is 2.92. The largest absolute Gasteiger partial charge is 0.395 e. The molecule has 5 atom stereocenters. The van der Waals surface area contributed by atoms with Gasteiger partial charge in [-0.1, -0.05) is 64.3 Å². The van der Waals surface area contributed by atoms with Crippen molar-refractivity contribution in [3.63, 3.8) is 0 Å². The summed E-state index contributed by atoms with van der Waals surface area (Å²) < 4.78 is 0. The molecule has 0 aromatic heterocycles. The third-order valence-corrected chi connectivity index (χ3v) is 5.68. The maximum absolute atomic E-state index is 10.3. The predicted octanol–water partition coefficient (Wildman–Crippen LogP) is 2.31. The number of rotatable bonds is 9. The number of aryl methyl sites for hydroxylation is 1. The zero-order chi connectivity index (χ0) is 20.0. The molecule has 0 radical (unpaired) electrons. The third kappa shape index (κ3) is 6.97.